The number of nitrogens with zero attached hydrogens (tertiary/aromatic N) is 1. The van der Waals surface area contributed by atoms with Crippen LogP contribution < -0.4 is 11.1 Å². The van der Waals surface area contributed by atoms with Crippen molar-refractivity contribution in [3.63, 3.8) is 0 Å². The molecule has 2 heterocycles. The predicted molar refractivity (Wildman–Crippen MR) is 95.9 cm³/mol. The molecule has 2 aliphatic rings. The number of nitrogens with one attached hydrogen (secondary N) is 1. The van der Waals surface area contributed by atoms with Gasteiger partial charge in [0.05, 0.1) is 11.1 Å². The van der Waals surface area contributed by atoms with Crippen molar-refractivity contribution in [1.29, 1.82) is 0 Å². The van der Waals surface area contributed by atoms with E-state index >= 15 is 0 Å². The van der Waals surface area contributed by atoms with E-state index in [4.69, 9.17) is 10.5 Å². The fourth-order valence-electron chi connectivity index (χ4n) is 3.29. The number of hydrogen-bond donors (Lipinski definition) is 2. The van der Waals surface area contributed by atoms with Crippen molar-refractivity contribution >= 4 is 29.6 Å². The lowest BCUT2D eigenvalue weighted by atomic mass is 9.97. The van der Waals surface area contributed by atoms with Gasteiger partial charge in [0.15, 0.2) is 0 Å². The molecule has 2 atom stereocenters. The van der Waals surface area contributed by atoms with E-state index < -0.39 is 47.3 Å². The van der Waals surface area contributed by atoms with Crippen LogP contribution in [0.5, 0.6) is 0 Å². The zero-order valence-corrected chi connectivity index (χ0v) is 15.8. The van der Waals surface area contributed by atoms with Crippen LogP contribution >= 0.6 is 0 Å². The lowest BCUT2D eigenvalue weighted by Crippen LogP contribution is -2.54. The first-order chi connectivity index (χ1) is 13.0. The Morgan fingerprint density at radius 2 is 1.89 bits per heavy atom. The minimum atomic E-state index is -1.27. The Morgan fingerprint density at radius 3 is 2.50 bits per heavy atom. The third-order valence-corrected chi connectivity index (χ3v) is 4.50. The summed E-state index contributed by atoms with van der Waals surface area (Å²) >= 11 is 0. The summed E-state index contributed by atoms with van der Waals surface area (Å²) in [7, 11) is 0. The van der Waals surface area contributed by atoms with Crippen molar-refractivity contribution < 1.29 is 28.7 Å². The standard InChI is InChI=1S/C19H21N3O6/c1-19(2,3)28-18(27)14(20)9-5-4-6-10-13(9)17(26)22(16(10)25)11-7-8-12(23)21-15(11)24/h4-6,11,14H,7-8,20H2,1-3H3,(H,21,23,24). The summed E-state index contributed by atoms with van der Waals surface area (Å²) in [6.45, 7) is 5.06. The molecule has 9 nitrogen and oxygen atoms in total. The van der Waals surface area contributed by atoms with Crippen LogP contribution in [0.15, 0.2) is 18.2 Å². The third kappa shape index (κ3) is 3.40. The molecule has 3 rings (SSSR count). The first-order valence-corrected chi connectivity index (χ1v) is 8.84. The van der Waals surface area contributed by atoms with Crippen LogP contribution in [0.1, 0.15) is 65.9 Å². The zero-order valence-electron chi connectivity index (χ0n) is 15.8. The van der Waals surface area contributed by atoms with E-state index in [1.807, 2.05) is 0 Å². The Hall–Kier alpha value is -3.07. The molecule has 9 heteroatoms. The minimum absolute atomic E-state index is 0.0180. The van der Waals surface area contributed by atoms with Gasteiger partial charge in [-0.15, -0.1) is 0 Å². The van der Waals surface area contributed by atoms with Gasteiger partial charge in [-0.25, -0.2) is 4.79 Å². The number of esters is 1. The predicted octanol–water partition coefficient (Wildman–Crippen LogP) is 0.429. The zero-order chi connectivity index (χ0) is 20.8. The molecule has 0 saturated carbocycles. The first kappa shape index (κ1) is 19.7. The van der Waals surface area contributed by atoms with Crippen LogP contribution in [0.2, 0.25) is 0 Å². The summed E-state index contributed by atoms with van der Waals surface area (Å²) < 4.78 is 5.27. The number of nitrogens with two attached hydrogens (primary N) is 1. The molecule has 1 fully saturated rings. The number of amides is 4. The average molecular weight is 387 g/mol. The summed E-state index contributed by atoms with van der Waals surface area (Å²) in [6, 6.07) is 2.07. The van der Waals surface area contributed by atoms with Gasteiger partial charge in [0.25, 0.3) is 11.8 Å². The Balaban J connectivity index is 1.95. The van der Waals surface area contributed by atoms with Crippen molar-refractivity contribution in [2.45, 2.75) is 51.3 Å². The summed E-state index contributed by atoms with van der Waals surface area (Å²) in [6.07, 6.45) is 0.0671. The highest BCUT2D eigenvalue weighted by atomic mass is 16.6. The second kappa shape index (κ2) is 6.83. The van der Waals surface area contributed by atoms with Gasteiger partial charge in [0.2, 0.25) is 11.8 Å². The maximum atomic E-state index is 13.0. The molecule has 0 aromatic heterocycles. The van der Waals surface area contributed by atoms with E-state index in [9.17, 15) is 24.0 Å². The highest BCUT2D eigenvalue weighted by molar-refractivity contribution is 6.24. The molecule has 148 valence electrons. The number of carbonyl (C=O) groups excluding carboxylic acids is 5. The van der Waals surface area contributed by atoms with Crippen molar-refractivity contribution in [2.24, 2.45) is 5.73 Å². The van der Waals surface area contributed by atoms with E-state index in [0.717, 1.165) is 4.90 Å². The fraction of sp³-hybridized carbons (Fsp3) is 0.421. The topological polar surface area (TPSA) is 136 Å². The first-order valence-electron chi connectivity index (χ1n) is 8.84. The highest BCUT2D eigenvalue weighted by Gasteiger charge is 2.46. The molecule has 1 saturated heterocycles. The van der Waals surface area contributed by atoms with Crippen LogP contribution in [0.25, 0.3) is 0 Å². The second-order valence-electron chi connectivity index (χ2n) is 7.73. The summed E-state index contributed by atoms with van der Waals surface area (Å²) in [5.41, 5.74) is 5.44. The molecule has 3 N–H and O–H groups in total. The maximum absolute atomic E-state index is 13.0. The van der Waals surface area contributed by atoms with Crippen LogP contribution in [0.3, 0.4) is 0 Å². The molecule has 2 aliphatic heterocycles. The Labute approximate surface area is 161 Å². The largest absolute Gasteiger partial charge is 0.459 e. The van der Waals surface area contributed by atoms with E-state index in [2.05, 4.69) is 5.32 Å². The number of benzene rings is 1. The van der Waals surface area contributed by atoms with Gasteiger partial charge in [-0.05, 0) is 38.8 Å². The molecule has 1 aromatic carbocycles. The molecular weight excluding hydrogens is 366 g/mol. The van der Waals surface area contributed by atoms with Crippen molar-refractivity contribution in [3.05, 3.63) is 34.9 Å². The van der Waals surface area contributed by atoms with Gasteiger partial charge in [0, 0.05) is 6.42 Å². The summed E-state index contributed by atoms with van der Waals surface area (Å²) in [5, 5.41) is 2.13. The van der Waals surface area contributed by atoms with Gasteiger partial charge < -0.3 is 10.5 Å². The smallest absolute Gasteiger partial charge is 0.328 e. The summed E-state index contributed by atoms with van der Waals surface area (Å²) in [4.78, 5) is 62.5. The fourth-order valence-corrected chi connectivity index (χ4v) is 3.29. The SMILES string of the molecule is CC(C)(C)OC(=O)C(N)c1cccc2c1C(=O)N(C1CCC(=O)NC1=O)C2=O. The van der Waals surface area contributed by atoms with Crippen LogP contribution in [0, 0.1) is 0 Å². The lowest BCUT2D eigenvalue weighted by molar-refractivity contribution is -0.156. The molecular formula is C19H21N3O6. The van der Waals surface area contributed by atoms with Crippen molar-refractivity contribution in [2.75, 3.05) is 0 Å². The highest BCUT2D eigenvalue weighted by Crippen LogP contribution is 2.32. The number of hydrogen-bond acceptors (Lipinski definition) is 7. The minimum Gasteiger partial charge on any atom is -0.459 e. The molecule has 0 bridgehead atoms. The van der Waals surface area contributed by atoms with Gasteiger partial charge in [-0.3, -0.25) is 29.4 Å². The molecule has 2 unspecified atom stereocenters. The van der Waals surface area contributed by atoms with Gasteiger partial charge in [-0.1, -0.05) is 12.1 Å². The number of piperidine rings is 1. The third-order valence-electron chi connectivity index (χ3n) is 4.50. The molecule has 28 heavy (non-hydrogen) atoms. The number of ether oxygens (including phenoxy) is 1. The number of carbonyl (C=O) groups is 5. The van der Waals surface area contributed by atoms with Crippen LogP contribution in [-0.4, -0.2) is 46.1 Å². The van der Waals surface area contributed by atoms with Crippen molar-refractivity contribution in [1.82, 2.24) is 10.2 Å². The van der Waals surface area contributed by atoms with Gasteiger partial charge in [0.1, 0.15) is 17.7 Å². The number of imide groups is 2. The normalized spacial score (nSPS) is 20.7. The lowest BCUT2D eigenvalue weighted by Gasteiger charge is -2.28. The number of rotatable bonds is 3. The van der Waals surface area contributed by atoms with Crippen LogP contribution in [0.4, 0.5) is 0 Å². The Bertz CT molecular complexity index is 901. The Kier molecular flexibility index (Phi) is 4.80. The van der Waals surface area contributed by atoms with Crippen molar-refractivity contribution in [3.8, 4) is 0 Å². The van der Waals surface area contributed by atoms with Crippen LogP contribution in [-0.2, 0) is 19.1 Å². The maximum Gasteiger partial charge on any atom is 0.328 e. The van der Waals surface area contributed by atoms with Gasteiger partial charge >= 0.3 is 5.97 Å². The quantitative estimate of drug-likeness (QED) is 0.567. The molecule has 0 aliphatic carbocycles. The monoisotopic (exact) mass is 387 g/mol. The average Bonchev–Trinajstić information content (AvgIpc) is 2.84. The second-order valence-corrected chi connectivity index (χ2v) is 7.73. The number of fused-ring (bicyclic) bond motifs is 1. The molecule has 4 amide bonds. The molecule has 0 spiro atoms. The van der Waals surface area contributed by atoms with E-state index in [0.29, 0.717) is 0 Å². The summed E-state index contributed by atoms with van der Waals surface area (Å²) in [5.74, 6) is -3.27. The van der Waals surface area contributed by atoms with E-state index in [1.54, 1.807) is 20.8 Å². The molecule has 1 aromatic rings. The van der Waals surface area contributed by atoms with E-state index in [1.165, 1.54) is 18.2 Å². The van der Waals surface area contributed by atoms with E-state index in [-0.39, 0.29) is 29.5 Å². The van der Waals surface area contributed by atoms with Gasteiger partial charge in [-0.2, -0.15) is 0 Å². The Morgan fingerprint density at radius 1 is 1.21 bits per heavy atom. The molecule has 0 radical (unpaired) electrons.